The van der Waals surface area contributed by atoms with Crippen LogP contribution in [0, 0.1) is 0 Å². The van der Waals surface area contributed by atoms with E-state index in [1.54, 1.807) is 6.07 Å². The van der Waals surface area contributed by atoms with Gasteiger partial charge in [-0.25, -0.2) is 0 Å². The molecule has 0 spiro atoms. The fourth-order valence-electron chi connectivity index (χ4n) is 2.75. The number of benzene rings is 1. The van der Waals surface area contributed by atoms with Crippen molar-refractivity contribution in [2.45, 2.75) is 25.4 Å². The molecule has 0 aromatic heterocycles. The molecule has 2 heterocycles. The van der Waals surface area contributed by atoms with E-state index in [1.165, 1.54) is 24.1 Å². The number of fused-ring (bicyclic) bond motifs is 1. The van der Waals surface area contributed by atoms with Gasteiger partial charge in [0.25, 0.3) is 11.8 Å². The molecule has 0 bridgehead atoms. The van der Waals surface area contributed by atoms with E-state index < -0.39 is 6.04 Å². The van der Waals surface area contributed by atoms with Gasteiger partial charge >= 0.3 is 0 Å². The molecule has 2 aliphatic rings. The van der Waals surface area contributed by atoms with Gasteiger partial charge in [0.2, 0.25) is 5.91 Å². The summed E-state index contributed by atoms with van der Waals surface area (Å²) in [6.07, 6.45) is 0.617. The molecule has 2 aliphatic heterocycles. The zero-order valence-corrected chi connectivity index (χ0v) is 11.0. The second kappa shape index (κ2) is 4.33. The maximum Gasteiger partial charge on any atom is 0.255 e. The molecule has 1 saturated heterocycles. The van der Waals surface area contributed by atoms with E-state index in [0.717, 1.165) is 10.5 Å². The van der Waals surface area contributed by atoms with Crippen molar-refractivity contribution in [3.05, 3.63) is 29.3 Å². The summed E-state index contributed by atoms with van der Waals surface area (Å²) in [7, 11) is 1.44. The molecule has 1 N–H and O–H groups in total. The Morgan fingerprint density at radius 1 is 1.25 bits per heavy atom. The number of imide groups is 1. The van der Waals surface area contributed by atoms with Gasteiger partial charge in [-0.1, -0.05) is 6.07 Å². The second-order valence-corrected chi connectivity index (χ2v) is 5.12. The number of likely N-dealkylation sites (tertiary alicyclic amines) is 1. The van der Waals surface area contributed by atoms with Crippen molar-refractivity contribution in [2.24, 2.45) is 0 Å². The summed E-state index contributed by atoms with van der Waals surface area (Å²) in [6, 6.07) is 4.03. The van der Waals surface area contributed by atoms with Crippen LogP contribution >= 0.6 is 0 Å². The summed E-state index contributed by atoms with van der Waals surface area (Å²) in [5.74, 6) is -0.794. The number of phenols is 1. The van der Waals surface area contributed by atoms with Gasteiger partial charge in [0.15, 0.2) is 0 Å². The topological polar surface area (TPSA) is 77.9 Å². The predicted molar refractivity (Wildman–Crippen MR) is 68.8 cm³/mol. The molecule has 1 aromatic carbocycles. The van der Waals surface area contributed by atoms with Crippen LogP contribution in [0.25, 0.3) is 0 Å². The van der Waals surface area contributed by atoms with Crippen LogP contribution in [0.2, 0.25) is 0 Å². The lowest BCUT2D eigenvalue weighted by atomic mass is 10.0. The van der Waals surface area contributed by atoms with E-state index in [0.29, 0.717) is 18.5 Å². The Labute approximate surface area is 115 Å². The molecule has 104 valence electrons. The fourth-order valence-corrected chi connectivity index (χ4v) is 2.75. The lowest BCUT2D eigenvalue weighted by molar-refractivity contribution is -0.150. The number of hydrogen-bond donors (Lipinski definition) is 1. The highest BCUT2D eigenvalue weighted by Crippen LogP contribution is 2.30. The van der Waals surface area contributed by atoms with E-state index >= 15 is 0 Å². The zero-order valence-electron chi connectivity index (χ0n) is 11.0. The predicted octanol–water partition coefficient (Wildman–Crippen LogP) is 0.495. The number of phenolic OH excluding ortho intramolecular Hbond substituents is 1. The van der Waals surface area contributed by atoms with Crippen LogP contribution in [0.5, 0.6) is 5.75 Å². The summed E-state index contributed by atoms with van der Waals surface area (Å²) < 4.78 is 0. The molecular formula is C14H14N2O4. The number of piperidine rings is 1. The third kappa shape index (κ3) is 1.76. The highest BCUT2D eigenvalue weighted by molar-refractivity contribution is 6.05. The van der Waals surface area contributed by atoms with E-state index in [-0.39, 0.29) is 29.9 Å². The molecule has 3 amide bonds. The Balaban J connectivity index is 1.89. The maximum absolute atomic E-state index is 12.3. The first-order valence-electron chi connectivity index (χ1n) is 6.42. The SMILES string of the molecule is CN1C(=O)CCC(N2Cc3ccc(O)cc3C2=O)C1=O. The standard InChI is InChI=1S/C14H14N2O4/c1-15-12(18)5-4-11(14(15)20)16-7-8-2-3-9(17)6-10(8)13(16)19/h2-3,6,11,17H,4-5,7H2,1H3. The molecule has 0 radical (unpaired) electrons. The Morgan fingerprint density at radius 2 is 2.00 bits per heavy atom. The average Bonchev–Trinajstić information content (AvgIpc) is 2.74. The van der Waals surface area contributed by atoms with E-state index in [4.69, 9.17) is 0 Å². The number of amides is 3. The van der Waals surface area contributed by atoms with Gasteiger partial charge < -0.3 is 10.0 Å². The van der Waals surface area contributed by atoms with Crippen molar-refractivity contribution in [1.82, 2.24) is 9.80 Å². The van der Waals surface area contributed by atoms with Crippen LogP contribution in [-0.2, 0) is 16.1 Å². The Kier molecular flexibility index (Phi) is 2.74. The monoisotopic (exact) mass is 274 g/mol. The lowest BCUT2D eigenvalue weighted by Crippen LogP contribution is -2.53. The molecular weight excluding hydrogens is 260 g/mol. The van der Waals surface area contributed by atoms with Crippen LogP contribution in [0.4, 0.5) is 0 Å². The third-order valence-corrected chi connectivity index (χ3v) is 3.92. The van der Waals surface area contributed by atoms with Crippen molar-refractivity contribution in [1.29, 1.82) is 0 Å². The second-order valence-electron chi connectivity index (χ2n) is 5.12. The van der Waals surface area contributed by atoms with Crippen molar-refractivity contribution in [3.63, 3.8) is 0 Å². The smallest absolute Gasteiger partial charge is 0.255 e. The molecule has 1 fully saturated rings. The van der Waals surface area contributed by atoms with Crippen molar-refractivity contribution >= 4 is 17.7 Å². The van der Waals surface area contributed by atoms with Gasteiger partial charge in [-0.15, -0.1) is 0 Å². The summed E-state index contributed by atoms with van der Waals surface area (Å²) >= 11 is 0. The number of aromatic hydroxyl groups is 1. The molecule has 3 rings (SSSR count). The van der Waals surface area contributed by atoms with Gasteiger partial charge in [-0.3, -0.25) is 19.3 Å². The van der Waals surface area contributed by atoms with E-state index in [9.17, 15) is 19.5 Å². The molecule has 6 nitrogen and oxygen atoms in total. The molecule has 6 heteroatoms. The zero-order chi connectivity index (χ0) is 14.4. The minimum Gasteiger partial charge on any atom is -0.508 e. The van der Waals surface area contributed by atoms with Crippen LogP contribution in [0.1, 0.15) is 28.8 Å². The Hall–Kier alpha value is -2.37. The van der Waals surface area contributed by atoms with E-state index in [2.05, 4.69) is 0 Å². The van der Waals surface area contributed by atoms with Gasteiger partial charge in [-0.05, 0) is 24.1 Å². The summed E-state index contributed by atoms with van der Waals surface area (Å²) in [6.45, 7) is 0.340. The first-order chi connectivity index (χ1) is 9.49. The van der Waals surface area contributed by atoms with Crippen molar-refractivity contribution in [2.75, 3.05) is 7.05 Å². The number of carbonyl (C=O) groups excluding carboxylic acids is 3. The highest BCUT2D eigenvalue weighted by Gasteiger charge is 2.41. The number of carbonyl (C=O) groups is 3. The summed E-state index contributed by atoms with van der Waals surface area (Å²) in [5, 5.41) is 9.45. The van der Waals surface area contributed by atoms with E-state index in [1.807, 2.05) is 0 Å². The van der Waals surface area contributed by atoms with Crippen molar-refractivity contribution < 1.29 is 19.5 Å². The molecule has 0 saturated carbocycles. The fraction of sp³-hybridized carbons (Fsp3) is 0.357. The van der Waals surface area contributed by atoms with Crippen molar-refractivity contribution in [3.8, 4) is 5.75 Å². The molecule has 1 atom stereocenters. The first-order valence-corrected chi connectivity index (χ1v) is 6.42. The first kappa shape index (κ1) is 12.7. The largest absolute Gasteiger partial charge is 0.508 e. The average molecular weight is 274 g/mol. The van der Waals surface area contributed by atoms with Gasteiger partial charge in [-0.2, -0.15) is 0 Å². The minimum absolute atomic E-state index is 0.0289. The lowest BCUT2D eigenvalue weighted by Gasteiger charge is -2.33. The molecule has 1 unspecified atom stereocenters. The summed E-state index contributed by atoms with van der Waals surface area (Å²) in [5.41, 5.74) is 1.22. The molecule has 0 aliphatic carbocycles. The van der Waals surface area contributed by atoms with Gasteiger partial charge in [0.05, 0.1) is 0 Å². The van der Waals surface area contributed by atoms with Gasteiger partial charge in [0, 0.05) is 25.6 Å². The number of likely N-dealkylation sites (N-methyl/N-ethyl adjacent to an activating group) is 1. The number of nitrogens with zero attached hydrogens (tertiary/aromatic N) is 2. The molecule has 1 aromatic rings. The Morgan fingerprint density at radius 3 is 2.75 bits per heavy atom. The van der Waals surface area contributed by atoms with Crippen LogP contribution in [-0.4, -0.2) is 45.7 Å². The van der Waals surface area contributed by atoms with Crippen LogP contribution in [0.3, 0.4) is 0 Å². The quantitative estimate of drug-likeness (QED) is 0.756. The van der Waals surface area contributed by atoms with Crippen LogP contribution in [0.15, 0.2) is 18.2 Å². The Bertz CT molecular complexity index is 626. The molecule has 20 heavy (non-hydrogen) atoms. The highest BCUT2D eigenvalue weighted by atomic mass is 16.3. The van der Waals surface area contributed by atoms with Crippen LogP contribution < -0.4 is 0 Å². The normalized spacial score (nSPS) is 22.4. The third-order valence-electron chi connectivity index (χ3n) is 3.92. The number of rotatable bonds is 1. The minimum atomic E-state index is -0.597. The summed E-state index contributed by atoms with van der Waals surface area (Å²) in [4.78, 5) is 38.5. The maximum atomic E-state index is 12.3. The number of hydrogen-bond acceptors (Lipinski definition) is 4. The van der Waals surface area contributed by atoms with Gasteiger partial charge in [0.1, 0.15) is 11.8 Å².